The van der Waals surface area contributed by atoms with Crippen LogP contribution in [0.2, 0.25) is 0 Å². The van der Waals surface area contributed by atoms with Crippen molar-refractivity contribution in [1.82, 2.24) is 4.90 Å². The van der Waals surface area contributed by atoms with Gasteiger partial charge in [0, 0.05) is 26.2 Å². The van der Waals surface area contributed by atoms with E-state index in [1.54, 1.807) is 27.1 Å². The van der Waals surface area contributed by atoms with Gasteiger partial charge in [0.05, 0.1) is 12.7 Å². The number of rotatable bonds is 3. The van der Waals surface area contributed by atoms with Gasteiger partial charge in [-0.15, -0.1) is 0 Å². The number of hydrogen-bond acceptors (Lipinski definition) is 4. The molecule has 0 saturated heterocycles. The summed E-state index contributed by atoms with van der Waals surface area (Å²) in [6, 6.07) is 1.69. The smallest absolute Gasteiger partial charge is 0.330 e. The SMILES string of the molecule is C=CC#N.C=CC(=O)N(C)C.C=CC(=O)OCC. The molecular weight excluding hydrogens is 232 g/mol. The molecule has 0 aliphatic rings. The van der Waals surface area contributed by atoms with Crippen LogP contribution in [0.3, 0.4) is 0 Å². The molecule has 18 heavy (non-hydrogen) atoms. The Balaban J connectivity index is -0.000000196. The molecule has 0 aromatic rings. The van der Waals surface area contributed by atoms with Crippen molar-refractivity contribution in [3.63, 3.8) is 0 Å². The zero-order valence-corrected chi connectivity index (χ0v) is 11.2. The first kappa shape index (κ1) is 21.0. The third kappa shape index (κ3) is 23.5. The quantitative estimate of drug-likeness (QED) is 0.435. The Bertz CT molecular complexity index is 315. The van der Waals surface area contributed by atoms with Gasteiger partial charge in [0.2, 0.25) is 5.91 Å². The molecule has 0 aromatic carbocycles. The summed E-state index contributed by atoms with van der Waals surface area (Å²) in [5.41, 5.74) is 0. The Morgan fingerprint density at radius 1 is 1.28 bits per heavy atom. The molecule has 0 N–H and O–H groups in total. The van der Waals surface area contributed by atoms with Gasteiger partial charge in [-0.05, 0) is 13.0 Å². The Hall–Kier alpha value is -2.35. The molecule has 0 atom stereocenters. The molecule has 0 rings (SSSR count). The lowest BCUT2D eigenvalue weighted by Crippen LogP contribution is -2.18. The number of likely N-dealkylation sites (N-methyl/N-ethyl adjacent to an activating group) is 1. The molecule has 5 nitrogen and oxygen atoms in total. The van der Waals surface area contributed by atoms with E-state index in [9.17, 15) is 9.59 Å². The summed E-state index contributed by atoms with van der Waals surface area (Å²) < 4.78 is 4.43. The summed E-state index contributed by atoms with van der Waals surface area (Å²) in [6.45, 7) is 11.8. The fourth-order valence-corrected chi connectivity index (χ4v) is 0.384. The van der Waals surface area contributed by atoms with Gasteiger partial charge in [-0.2, -0.15) is 5.26 Å². The topological polar surface area (TPSA) is 70.4 Å². The van der Waals surface area contributed by atoms with Crippen LogP contribution >= 0.6 is 0 Å². The second-order valence-corrected chi connectivity index (χ2v) is 2.73. The number of hydrogen-bond donors (Lipinski definition) is 0. The zero-order chi connectivity index (χ0) is 15.0. The second-order valence-electron chi connectivity index (χ2n) is 2.73. The highest BCUT2D eigenvalue weighted by molar-refractivity contribution is 5.86. The van der Waals surface area contributed by atoms with Gasteiger partial charge in [0.15, 0.2) is 0 Å². The molecule has 0 radical (unpaired) electrons. The van der Waals surface area contributed by atoms with E-state index in [0.29, 0.717) is 6.61 Å². The molecule has 100 valence electrons. The van der Waals surface area contributed by atoms with E-state index >= 15 is 0 Å². The maximum absolute atomic E-state index is 10.3. The minimum atomic E-state index is -0.359. The van der Waals surface area contributed by atoms with E-state index < -0.39 is 0 Å². The van der Waals surface area contributed by atoms with Gasteiger partial charge in [-0.25, -0.2) is 4.79 Å². The summed E-state index contributed by atoms with van der Waals surface area (Å²) in [4.78, 5) is 21.9. The van der Waals surface area contributed by atoms with Crippen LogP contribution in [0.1, 0.15) is 6.92 Å². The molecule has 0 fully saturated rings. The lowest BCUT2D eigenvalue weighted by molar-refractivity contribution is -0.137. The van der Waals surface area contributed by atoms with Crippen LogP contribution in [0, 0.1) is 11.3 Å². The summed E-state index contributed by atoms with van der Waals surface area (Å²) in [7, 11) is 3.37. The Morgan fingerprint density at radius 2 is 1.72 bits per heavy atom. The number of esters is 1. The van der Waals surface area contributed by atoms with Crippen LogP contribution in [-0.2, 0) is 14.3 Å². The monoisotopic (exact) mass is 252 g/mol. The van der Waals surface area contributed by atoms with Gasteiger partial charge in [-0.3, -0.25) is 4.79 Å². The lowest BCUT2D eigenvalue weighted by atomic mass is 10.5. The van der Waals surface area contributed by atoms with Crippen molar-refractivity contribution in [2.75, 3.05) is 20.7 Å². The van der Waals surface area contributed by atoms with Crippen molar-refractivity contribution >= 4 is 11.9 Å². The van der Waals surface area contributed by atoms with Crippen molar-refractivity contribution in [3.8, 4) is 6.07 Å². The third-order valence-electron chi connectivity index (χ3n) is 1.16. The molecule has 0 spiro atoms. The van der Waals surface area contributed by atoms with Gasteiger partial charge in [-0.1, -0.05) is 19.7 Å². The van der Waals surface area contributed by atoms with E-state index in [0.717, 1.165) is 6.08 Å². The normalized spacial score (nSPS) is 6.78. The standard InChI is InChI=1S/C5H9NO.C5H8O2.C3H3N/c1-4-5(7)6(2)3;1-3-5(6)7-4-2;1-2-3-4/h4H,1H2,2-3H3;3H,1,4H2,2H3;2H,1H2. The molecule has 0 aliphatic carbocycles. The van der Waals surface area contributed by atoms with Gasteiger partial charge in [0.1, 0.15) is 0 Å². The van der Waals surface area contributed by atoms with Gasteiger partial charge in [0.25, 0.3) is 0 Å². The lowest BCUT2D eigenvalue weighted by Gasteiger charge is -2.03. The van der Waals surface area contributed by atoms with Crippen LogP contribution < -0.4 is 0 Å². The van der Waals surface area contributed by atoms with Crippen LogP contribution in [0.4, 0.5) is 0 Å². The summed E-state index contributed by atoms with van der Waals surface area (Å²) >= 11 is 0. The number of allylic oxidation sites excluding steroid dienone is 1. The van der Waals surface area contributed by atoms with Crippen LogP contribution in [0.25, 0.3) is 0 Å². The van der Waals surface area contributed by atoms with Crippen molar-refractivity contribution in [2.45, 2.75) is 6.92 Å². The number of ether oxygens (including phenoxy) is 1. The first-order chi connectivity index (χ1) is 8.40. The van der Waals surface area contributed by atoms with Crippen molar-refractivity contribution in [2.24, 2.45) is 0 Å². The maximum Gasteiger partial charge on any atom is 0.330 e. The van der Waals surface area contributed by atoms with E-state index in [1.807, 2.05) is 0 Å². The summed E-state index contributed by atoms with van der Waals surface area (Å²) in [5.74, 6) is -0.414. The van der Waals surface area contributed by atoms with Crippen molar-refractivity contribution in [1.29, 1.82) is 5.26 Å². The largest absolute Gasteiger partial charge is 0.463 e. The summed E-state index contributed by atoms with van der Waals surface area (Å²) in [6.07, 6.45) is 3.60. The summed E-state index contributed by atoms with van der Waals surface area (Å²) in [5, 5.41) is 7.51. The minimum absolute atomic E-state index is 0.0556. The van der Waals surface area contributed by atoms with E-state index in [-0.39, 0.29) is 11.9 Å². The number of nitriles is 1. The minimum Gasteiger partial charge on any atom is -0.463 e. The van der Waals surface area contributed by atoms with Gasteiger partial charge < -0.3 is 9.64 Å². The first-order valence-electron chi connectivity index (χ1n) is 5.04. The van der Waals surface area contributed by atoms with Crippen LogP contribution in [0.15, 0.2) is 38.0 Å². The molecular formula is C13H20N2O3. The van der Waals surface area contributed by atoms with Crippen molar-refractivity contribution in [3.05, 3.63) is 38.0 Å². The average Bonchev–Trinajstić information content (AvgIpc) is 2.38. The third-order valence-corrected chi connectivity index (χ3v) is 1.16. The molecule has 0 bridgehead atoms. The molecule has 0 aromatic heterocycles. The number of carbonyl (C=O) groups is 2. The van der Waals surface area contributed by atoms with E-state index in [2.05, 4.69) is 24.5 Å². The van der Waals surface area contributed by atoms with Crippen molar-refractivity contribution < 1.29 is 14.3 Å². The Labute approximate surface area is 109 Å². The molecule has 0 aliphatic heterocycles. The molecule has 0 heterocycles. The highest BCUT2D eigenvalue weighted by Crippen LogP contribution is 1.75. The number of amides is 1. The maximum atomic E-state index is 10.3. The van der Waals surface area contributed by atoms with Crippen LogP contribution in [-0.4, -0.2) is 37.5 Å². The molecule has 0 saturated carbocycles. The predicted octanol–water partition coefficient (Wildman–Crippen LogP) is 1.69. The molecule has 0 unspecified atom stereocenters. The highest BCUT2D eigenvalue weighted by atomic mass is 16.5. The average molecular weight is 252 g/mol. The Morgan fingerprint density at radius 3 is 1.78 bits per heavy atom. The fourth-order valence-electron chi connectivity index (χ4n) is 0.384. The second kappa shape index (κ2) is 17.1. The highest BCUT2D eigenvalue weighted by Gasteiger charge is 1.91. The Kier molecular flexibility index (Phi) is 19.9. The number of carbonyl (C=O) groups excluding carboxylic acids is 2. The van der Waals surface area contributed by atoms with E-state index in [4.69, 9.17) is 5.26 Å². The predicted molar refractivity (Wildman–Crippen MR) is 71.5 cm³/mol. The first-order valence-corrected chi connectivity index (χ1v) is 5.04. The fraction of sp³-hybridized carbons (Fsp3) is 0.308. The zero-order valence-electron chi connectivity index (χ0n) is 11.2. The number of nitrogens with zero attached hydrogens (tertiary/aromatic N) is 2. The van der Waals surface area contributed by atoms with E-state index in [1.165, 1.54) is 17.1 Å². The molecule has 1 amide bonds. The molecule has 5 heteroatoms. The van der Waals surface area contributed by atoms with Crippen LogP contribution in [0.5, 0.6) is 0 Å². The van der Waals surface area contributed by atoms with Gasteiger partial charge >= 0.3 is 5.97 Å².